The molecule has 2 saturated heterocycles. The van der Waals surface area contributed by atoms with Crippen LogP contribution in [0.25, 0.3) is 0 Å². The maximum atomic E-state index is 12.5. The maximum Gasteiger partial charge on any atom is 0.417 e. The minimum atomic E-state index is -4.31. The molecule has 2 fully saturated rings. The van der Waals surface area contributed by atoms with Crippen molar-refractivity contribution < 1.29 is 13.2 Å². The molecule has 110 valence electrons. The van der Waals surface area contributed by atoms with E-state index in [1.807, 2.05) is 0 Å². The smallest absolute Gasteiger partial charge is 0.316 e. The average molecular weight is 285 g/mol. The summed E-state index contributed by atoms with van der Waals surface area (Å²) in [6.45, 7) is 4.87. The number of likely N-dealkylation sites (tertiary alicyclic amines) is 1. The lowest BCUT2D eigenvalue weighted by molar-refractivity contribution is -0.137. The fourth-order valence-corrected chi connectivity index (χ4v) is 2.93. The van der Waals surface area contributed by atoms with Crippen LogP contribution >= 0.6 is 0 Å². The van der Waals surface area contributed by atoms with Crippen LogP contribution in [0.4, 0.5) is 13.2 Å². The summed E-state index contributed by atoms with van der Waals surface area (Å²) in [5.74, 6) is 0. The third-order valence-corrected chi connectivity index (χ3v) is 4.45. The SMILES string of the molecule is FC(F)(F)c1ccc(CN2CCC3(CC2)CNC3)nc1. The Morgan fingerprint density at radius 2 is 1.90 bits per heavy atom. The monoisotopic (exact) mass is 285 g/mol. The van der Waals surface area contributed by atoms with E-state index >= 15 is 0 Å². The third-order valence-electron chi connectivity index (χ3n) is 4.45. The molecular weight excluding hydrogens is 267 g/mol. The van der Waals surface area contributed by atoms with E-state index in [0.29, 0.717) is 17.7 Å². The predicted octanol–water partition coefficient (Wildman–Crippen LogP) is 2.29. The van der Waals surface area contributed by atoms with Crippen LogP contribution < -0.4 is 5.32 Å². The van der Waals surface area contributed by atoms with E-state index in [1.165, 1.54) is 18.9 Å². The lowest BCUT2D eigenvalue weighted by atomic mass is 9.73. The average Bonchev–Trinajstić information content (AvgIpc) is 2.37. The van der Waals surface area contributed by atoms with Gasteiger partial charge in [0.15, 0.2) is 0 Å². The first kappa shape index (κ1) is 13.8. The number of rotatable bonds is 2. The van der Waals surface area contributed by atoms with Crippen molar-refractivity contribution in [1.29, 1.82) is 0 Å². The minimum absolute atomic E-state index is 0.490. The summed E-state index contributed by atoms with van der Waals surface area (Å²) >= 11 is 0. The summed E-state index contributed by atoms with van der Waals surface area (Å²) in [6, 6.07) is 2.60. The number of aromatic nitrogens is 1. The van der Waals surface area contributed by atoms with Crippen molar-refractivity contribution in [2.45, 2.75) is 25.6 Å². The second kappa shape index (κ2) is 5.00. The van der Waals surface area contributed by atoms with Crippen LogP contribution in [-0.2, 0) is 12.7 Å². The summed E-state index contributed by atoms with van der Waals surface area (Å²) in [6.07, 6.45) is -1.04. The molecule has 20 heavy (non-hydrogen) atoms. The zero-order chi connectivity index (χ0) is 14.2. The molecule has 0 aromatic carbocycles. The Morgan fingerprint density at radius 1 is 1.20 bits per heavy atom. The fraction of sp³-hybridized carbons (Fsp3) is 0.643. The highest BCUT2D eigenvalue weighted by Gasteiger charge is 2.39. The van der Waals surface area contributed by atoms with Crippen LogP contribution in [0.15, 0.2) is 18.3 Å². The minimum Gasteiger partial charge on any atom is -0.316 e. The van der Waals surface area contributed by atoms with Gasteiger partial charge in [0.2, 0.25) is 0 Å². The number of piperidine rings is 1. The van der Waals surface area contributed by atoms with Gasteiger partial charge in [-0.15, -0.1) is 0 Å². The molecule has 1 spiro atoms. The van der Waals surface area contributed by atoms with E-state index in [9.17, 15) is 13.2 Å². The number of hydrogen-bond donors (Lipinski definition) is 1. The van der Waals surface area contributed by atoms with Gasteiger partial charge in [-0.25, -0.2) is 0 Å². The van der Waals surface area contributed by atoms with Crippen molar-refractivity contribution >= 4 is 0 Å². The molecule has 0 unspecified atom stereocenters. The fourth-order valence-electron chi connectivity index (χ4n) is 2.93. The van der Waals surface area contributed by atoms with Crippen molar-refractivity contribution in [1.82, 2.24) is 15.2 Å². The zero-order valence-corrected chi connectivity index (χ0v) is 11.2. The molecule has 0 aliphatic carbocycles. The van der Waals surface area contributed by atoms with E-state index in [1.54, 1.807) is 0 Å². The van der Waals surface area contributed by atoms with Gasteiger partial charge in [0.1, 0.15) is 0 Å². The Morgan fingerprint density at radius 3 is 2.35 bits per heavy atom. The zero-order valence-electron chi connectivity index (χ0n) is 11.2. The highest BCUT2D eigenvalue weighted by atomic mass is 19.4. The number of hydrogen-bond acceptors (Lipinski definition) is 3. The standard InChI is InChI=1S/C14H18F3N3/c15-14(16,17)11-1-2-12(19-7-11)8-20-5-3-13(4-6-20)9-18-10-13/h1-2,7,18H,3-6,8-10H2. The van der Waals surface area contributed by atoms with Gasteiger partial charge in [-0.1, -0.05) is 0 Å². The summed E-state index contributed by atoms with van der Waals surface area (Å²) in [4.78, 5) is 6.21. The molecule has 0 amide bonds. The van der Waals surface area contributed by atoms with Crippen molar-refractivity contribution in [2.24, 2.45) is 5.41 Å². The summed E-state index contributed by atoms with van der Waals surface area (Å²) in [7, 11) is 0. The molecule has 3 heterocycles. The molecule has 0 radical (unpaired) electrons. The highest BCUT2D eigenvalue weighted by molar-refractivity contribution is 5.17. The summed E-state index contributed by atoms with van der Waals surface area (Å²) < 4.78 is 37.4. The largest absolute Gasteiger partial charge is 0.417 e. The van der Waals surface area contributed by atoms with Crippen LogP contribution in [0.5, 0.6) is 0 Å². The maximum absolute atomic E-state index is 12.5. The van der Waals surface area contributed by atoms with Crippen molar-refractivity contribution in [3.05, 3.63) is 29.6 Å². The third kappa shape index (κ3) is 2.81. The first-order chi connectivity index (χ1) is 9.47. The topological polar surface area (TPSA) is 28.2 Å². The van der Waals surface area contributed by atoms with Gasteiger partial charge >= 0.3 is 6.18 Å². The summed E-state index contributed by atoms with van der Waals surface area (Å²) in [5, 5.41) is 3.32. The number of nitrogens with zero attached hydrogens (tertiary/aromatic N) is 2. The number of pyridine rings is 1. The lowest BCUT2D eigenvalue weighted by Gasteiger charge is -2.48. The van der Waals surface area contributed by atoms with E-state index in [0.717, 1.165) is 38.4 Å². The molecule has 1 N–H and O–H groups in total. The molecule has 3 rings (SSSR count). The van der Waals surface area contributed by atoms with E-state index < -0.39 is 11.7 Å². The Hall–Kier alpha value is -1.14. The van der Waals surface area contributed by atoms with E-state index in [-0.39, 0.29) is 0 Å². The van der Waals surface area contributed by atoms with Gasteiger partial charge < -0.3 is 5.32 Å². The Balaban J connectivity index is 1.56. The molecular formula is C14H18F3N3. The molecule has 1 aromatic heterocycles. The quantitative estimate of drug-likeness (QED) is 0.903. The summed E-state index contributed by atoms with van der Waals surface area (Å²) in [5.41, 5.74) is 0.518. The number of halogens is 3. The molecule has 6 heteroatoms. The molecule has 1 aromatic rings. The molecule has 0 atom stereocenters. The normalized spacial score (nSPS) is 22.8. The van der Waals surface area contributed by atoms with Crippen LogP contribution in [0.3, 0.4) is 0 Å². The highest BCUT2D eigenvalue weighted by Crippen LogP contribution is 2.35. The van der Waals surface area contributed by atoms with E-state index in [2.05, 4.69) is 15.2 Å². The van der Waals surface area contributed by atoms with Crippen molar-refractivity contribution in [3.8, 4) is 0 Å². The van der Waals surface area contributed by atoms with Gasteiger partial charge in [-0.05, 0) is 43.5 Å². The molecule has 0 saturated carbocycles. The van der Waals surface area contributed by atoms with Crippen molar-refractivity contribution in [2.75, 3.05) is 26.2 Å². The Bertz CT molecular complexity index is 456. The first-order valence-electron chi connectivity index (χ1n) is 6.92. The molecule has 2 aliphatic rings. The van der Waals surface area contributed by atoms with Gasteiger partial charge in [0.05, 0.1) is 11.3 Å². The second-order valence-corrected chi connectivity index (χ2v) is 5.92. The molecule has 2 aliphatic heterocycles. The van der Waals surface area contributed by atoms with Crippen molar-refractivity contribution in [3.63, 3.8) is 0 Å². The number of alkyl halides is 3. The Kier molecular flexibility index (Phi) is 3.46. The second-order valence-electron chi connectivity index (χ2n) is 5.92. The van der Waals surface area contributed by atoms with Crippen LogP contribution in [-0.4, -0.2) is 36.1 Å². The molecule has 3 nitrogen and oxygen atoms in total. The number of nitrogens with one attached hydrogen (secondary N) is 1. The van der Waals surface area contributed by atoms with Crippen LogP contribution in [0, 0.1) is 5.41 Å². The van der Waals surface area contributed by atoms with Crippen LogP contribution in [0.2, 0.25) is 0 Å². The first-order valence-corrected chi connectivity index (χ1v) is 6.92. The molecule has 0 bridgehead atoms. The predicted molar refractivity (Wildman–Crippen MR) is 69.1 cm³/mol. The van der Waals surface area contributed by atoms with Gasteiger partial charge in [-0.2, -0.15) is 13.2 Å². The van der Waals surface area contributed by atoms with E-state index in [4.69, 9.17) is 0 Å². The van der Waals surface area contributed by atoms with Gasteiger partial charge in [0, 0.05) is 25.8 Å². The lowest BCUT2D eigenvalue weighted by Crippen LogP contribution is -2.58. The van der Waals surface area contributed by atoms with Crippen LogP contribution in [0.1, 0.15) is 24.1 Å². The Labute approximate surface area is 116 Å². The van der Waals surface area contributed by atoms with Gasteiger partial charge in [-0.3, -0.25) is 9.88 Å². The van der Waals surface area contributed by atoms with Gasteiger partial charge in [0.25, 0.3) is 0 Å².